The third-order valence-corrected chi connectivity index (χ3v) is 4.39. The molecule has 0 bridgehead atoms. The van der Waals surface area contributed by atoms with Gasteiger partial charge in [-0.1, -0.05) is 73.8 Å². The molecule has 2 radical (unpaired) electrons. The first-order valence-corrected chi connectivity index (χ1v) is 7.94. The summed E-state index contributed by atoms with van der Waals surface area (Å²) >= 11 is 0. The van der Waals surface area contributed by atoms with Crippen molar-refractivity contribution in [3.8, 4) is 11.1 Å². The first kappa shape index (κ1) is 14.5. The van der Waals surface area contributed by atoms with Crippen molar-refractivity contribution < 1.29 is 0 Å². The summed E-state index contributed by atoms with van der Waals surface area (Å²) < 4.78 is 0. The smallest absolute Gasteiger partial charge is 0.00141 e. The molecule has 4 aromatic rings. The fourth-order valence-corrected chi connectivity index (χ4v) is 3.15. The molecule has 0 heterocycles. The first-order valence-electron chi connectivity index (χ1n) is 7.94. The second-order valence-electron chi connectivity index (χ2n) is 5.81. The molecule has 0 atom stereocenters. The van der Waals surface area contributed by atoms with Gasteiger partial charge in [-0.05, 0) is 68.1 Å². The summed E-state index contributed by atoms with van der Waals surface area (Å²) in [6.07, 6.45) is 3.74. The predicted octanol–water partition coefficient (Wildman–Crippen LogP) is 6.55. The Balaban J connectivity index is 2.02. The Hall–Kier alpha value is -3.12. The van der Waals surface area contributed by atoms with Gasteiger partial charge in [0.1, 0.15) is 0 Å². The lowest BCUT2D eigenvalue weighted by molar-refractivity contribution is 1.65. The van der Waals surface area contributed by atoms with E-state index in [1.54, 1.807) is 0 Å². The van der Waals surface area contributed by atoms with E-state index in [1.807, 2.05) is 24.3 Å². The molecule has 0 N–H and O–H groups in total. The van der Waals surface area contributed by atoms with Gasteiger partial charge in [-0.2, -0.15) is 0 Å². The van der Waals surface area contributed by atoms with Crippen molar-refractivity contribution in [3.05, 3.63) is 97.1 Å². The van der Waals surface area contributed by atoms with Gasteiger partial charge in [-0.25, -0.2) is 0 Å². The zero-order valence-electron chi connectivity index (χ0n) is 13.3. The van der Waals surface area contributed by atoms with E-state index < -0.39 is 0 Å². The van der Waals surface area contributed by atoms with E-state index in [2.05, 4.69) is 73.8 Å². The van der Waals surface area contributed by atoms with Crippen LogP contribution < -0.4 is 0 Å². The molecule has 0 heteroatoms. The first-order chi connectivity index (χ1) is 11.8. The number of hydrogen-bond donors (Lipinski definition) is 0. The highest BCUT2D eigenvalue weighted by atomic mass is 14.1. The monoisotopic (exact) mass is 304 g/mol. The van der Waals surface area contributed by atoms with E-state index in [1.165, 1.54) is 21.5 Å². The van der Waals surface area contributed by atoms with Crippen LogP contribution in [0.4, 0.5) is 0 Å². The summed E-state index contributed by atoms with van der Waals surface area (Å²) in [6.45, 7) is 7.71. The number of fused-ring (bicyclic) bond motifs is 2. The molecule has 0 aliphatic rings. The zero-order chi connectivity index (χ0) is 16.5. The van der Waals surface area contributed by atoms with Crippen molar-refractivity contribution in [2.75, 3.05) is 0 Å². The summed E-state index contributed by atoms with van der Waals surface area (Å²) in [7, 11) is 0. The largest absolute Gasteiger partial charge is 0.0985 e. The second-order valence-corrected chi connectivity index (χ2v) is 5.81. The molecule has 4 rings (SSSR count). The quantitative estimate of drug-likeness (QED) is 0.403. The van der Waals surface area contributed by atoms with Gasteiger partial charge in [-0.15, -0.1) is 0 Å². The maximum absolute atomic E-state index is 3.85. The van der Waals surface area contributed by atoms with Gasteiger partial charge < -0.3 is 0 Å². The van der Waals surface area contributed by atoms with Crippen molar-refractivity contribution in [1.82, 2.24) is 0 Å². The molecular formula is C24H16. The topological polar surface area (TPSA) is 0 Å². The Kier molecular flexibility index (Phi) is 3.51. The van der Waals surface area contributed by atoms with Gasteiger partial charge in [0.05, 0.1) is 0 Å². The summed E-state index contributed by atoms with van der Waals surface area (Å²) in [5.74, 6) is 0. The Morgan fingerprint density at radius 3 is 1.50 bits per heavy atom. The minimum Gasteiger partial charge on any atom is -0.0985 e. The van der Waals surface area contributed by atoms with E-state index >= 15 is 0 Å². The molecular weight excluding hydrogens is 288 g/mol. The highest BCUT2D eigenvalue weighted by Gasteiger charge is 2.08. The van der Waals surface area contributed by atoms with Crippen LogP contribution in [0.15, 0.2) is 73.8 Å². The number of rotatable bonds is 3. The van der Waals surface area contributed by atoms with Gasteiger partial charge in [0.2, 0.25) is 0 Å². The van der Waals surface area contributed by atoms with Crippen LogP contribution >= 0.6 is 0 Å². The summed E-state index contributed by atoms with van der Waals surface area (Å²) in [5.41, 5.74) is 4.41. The van der Waals surface area contributed by atoms with Crippen LogP contribution in [0.25, 0.3) is 44.8 Å². The average molecular weight is 304 g/mol. The summed E-state index contributed by atoms with van der Waals surface area (Å²) in [6, 6.07) is 27.7. The molecule has 0 amide bonds. The Bertz CT molecular complexity index is 994. The van der Waals surface area contributed by atoms with Crippen molar-refractivity contribution in [1.29, 1.82) is 0 Å². The van der Waals surface area contributed by atoms with Crippen LogP contribution in [0, 0.1) is 12.1 Å². The fourth-order valence-electron chi connectivity index (χ4n) is 3.15. The highest BCUT2D eigenvalue weighted by molar-refractivity contribution is 6.05. The van der Waals surface area contributed by atoms with Crippen LogP contribution in [-0.2, 0) is 0 Å². The lowest BCUT2D eigenvalue weighted by Crippen LogP contribution is -1.86. The standard InChI is InChI=1S/C24H16/c1-3-17-11-13-21-19(15-17)7-5-9-23(21)24-10-6-8-20-16-18(4-2)12-14-22(20)24/h3-8,11-16H,1-2H2. The van der Waals surface area contributed by atoms with Crippen molar-refractivity contribution >= 4 is 33.7 Å². The summed E-state index contributed by atoms with van der Waals surface area (Å²) in [4.78, 5) is 0. The number of hydrogen-bond acceptors (Lipinski definition) is 0. The van der Waals surface area contributed by atoms with Gasteiger partial charge in [0.15, 0.2) is 0 Å². The third-order valence-electron chi connectivity index (χ3n) is 4.39. The molecule has 4 aromatic carbocycles. The van der Waals surface area contributed by atoms with Gasteiger partial charge in [-0.3, -0.25) is 0 Å². The molecule has 0 aliphatic heterocycles. The minimum atomic E-state index is 1.08. The zero-order valence-corrected chi connectivity index (χ0v) is 13.3. The molecule has 0 saturated heterocycles. The van der Waals surface area contributed by atoms with Crippen molar-refractivity contribution in [2.45, 2.75) is 0 Å². The maximum Gasteiger partial charge on any atom is -0.00141 e. The normalized spacial score (nSPS) is 10.8. The van der Waals surface area contributed by atoms with Crippen LogP contribution in [0.1, 0.15) is 11.1 Å². The van der Waals surface area contributed by atoms with Crippen molar-refractivity contribution in [2.24, 2.45) is 0 Å². The molecule has 0 unspecified atom stereocenters. The lowest BCUT2D eigenvalue weighted by Gasteiger charge is -2.11. The average Bonchev–Trinajstić information content (AvgIpc) is 2.66. The van der Waals surface area contributed by atoms with E-state index in [4.69, 9.17) is 0 Å². The van der Waals surface area contributed by atoms with Crippen LogP contribution in [0.3, 0.4) is 0 Å². The second kappa shape index (κ2) is 5.82. The highest BCUT2D eigenvalue weighted by Crippen LogP contribution is 2.34. The van der Waals surface area contributed by atoms with Crippen LogP contribution in [0.2, 0.25) is 0 Å². The van der Waals surface area contributed by atoms with Gasteiger partial charge in [0.25, 0.3) is 0 Å². The predicted molar refractivity (Wildman–Crippen MR) is 105 cm³/mol. The van der Waals surface area contributed by atoms with Gasteiger partial charge in [0, 0.05) is 0 Å². The molecule has 0 aromatic heterocycles. The van der Waals surface area contributed by atoms with Gasteiger partial charge >= 0.3 is 0 Å². The van der Waals surface area contributed by atoms with Crippen molar-refractivity contribution in [3.63, 3.8) is 0 Å². The molecule has 0 spiro atoms. The minimum absolute atomic E-state index is 1.08. The Labute approximate surface area is 142 Å². The van der Waals surface area contributed by atoms with Crippen LogP contribution in [0.5, 0.6) is 0 Å². The lowest BCUT2D eigenvalue weighted by atomic mass is 9.93. The molecule has 0 aliphatic carbocycles. The Morgan fingerprint density at radius 2 is 1.08 bits per heavy atom. The molecule has 0 nitrogen and oxygen atoms in total. The fraction of sp³-hybridized carbons (Fsp3) is 0. The molecule has 112 valence electrons. The SMILES string of the molecule is C=Cc1ccc2c(-c3[c]ccc4cc(C=C)ccc34)[c]ccc2c1. The van der Waals surface area contributed by atoms with E-state index in [-0.39, 0.29) is 0 Å². The molecule has 24 heavy (non-hydrogen) atoms. The Morgan fingerprint density at radius 1 is 0.625 bits per heavy atom. The van der Waals surface area contributed by atoms with E-state index in [9.17, 15) is 0 Å². The van der Waals surface area contributed by atoms with E-state index in [0.29, 0.717) is 0 Å². The number of benzene rings is 4. The molecule has 0 saturated carbocycles. The van der Waals surface area contributed by atoms with E-state index in [0.717, 1.165) is 22.3 Å². The molecule has 0 fully saturated rings. The maximum atomic E-state index is 3.85. The summed E-state index contributed by atoms with van der Waals surface area (Å²) in [5, 5.41) is 4.74. The third kappa shape index (κ3) is 2.33. The van der Waals surface area contributed by atoms with Crippen LogP contribution in [-0.4, -0.2) is 0 Å².